The predicted molar refractivity (Wildman–Crippen MR) is 85.1 cm³/mol. The van der Waals surface area contributed by atoms with Crippen LogP contribution in [-0.4, -0.2) is 61.6 Å². The first-order valence-corrected chi connectivity index (χ1v) is 7.88. The molecule has 0 aliphatic heterocycles. The quantitative estimate of drug-likeness (QED) is 0.436. The van der Waals surface area contributed by atoms with Crippen LogP contribution in [0.25, 0.3) is 0 Å². The van der Waals surface area contributed by atoms with Crippen LogP contribution in [-0.2, 0) is 20.9 Å². The number of carbonyl (C=O) groups is 2. The number of hydrogen-bond acceptors (Lipinski definition) is 7. The third-order valence-corrected chi connectivity index (χ3v) is 4.30. The van der Waals surface area contributed by atoms with Gasteiger partial charge in [-0.2, -0.15) is 5.10 Å². The second-order valence-corrected chi connectivity index (χ2v) is 5.94. The van der Waals surface area contributed by atoms with Crippen LogP contribution in [0.3, 0.4) is 0 Å². The van der Waals surface area contributed by atoms with Crippen LogP contribution in [0.5, 0.6) is 0 Å². The Kier molecular flexibility index (Phi) is 7.47. The number of methoxy groups -OCH3 is 1. The molecule has 120 valence electrons. The molecule has 1 aromatic rings. The van der Waals surface area contributed by atoms with Gasteiger partial charge in [-0.15, -0.1) is 16.4 Å². The fourth-order valence-electron chi connectivity index (χ4n) is 2.08. The van der Waals surface area contributed by atoms with E-state index in [-0.39, 0.29) is 12.5 Å². The number of amides is 1. The normalized spacial score (nSPS) is 15.0. The van der Waals surface area contributed by atoms with E-state index in [4.69, 9.17) is 12.6 Å². The maximum absolute atomic E-state index is 11.8. The van der Waals surface area contributed by atoms with E-state index in [0.29, 0.717) is 29.2 Å². The molecule has 1 saturated carbocycles. The first-order chi connectivity index (χ1) is 10.5. The van der Waals surface area contributed by atoms with Gasteiger partial charge < -0.3 is 15.0 Å². The van der Waals surface area contributed by atoms with E-state index in [2.05, 4.69) is 22.4 Å². The summed E-state index contributed by atoms with van der Waals surface area (Å²) in [6.45, 7) is 3.37. The van der Waals surface area contributed by atoms with Crippen LogP contribution in [0.2, 0.25) is 0 Å². The molecular formula is C13H21BN4O3S. The van der Waals surface area contributed by atoms with E-state index in [9.17, 15) is 9.59 Å². The lowest BCUT2D eigenvalue weighted by atomic mass is 9.75. The molecule has 1 aromatic heterocycles. The van der Waals surface area contributed by atoms with E-state index >= 15 is 0 Å². The molecule has 0 atom stereocenters. The smallest absolute Gasteiger partial charge is 0.331 e. The number of nitrogens with one attached hydrogen (secondary N) is 1. The van der Waals surface area contributed by atoms with Crippen molar-refractivity contribution in [2.45, 2.75) is 38.3 Å². The van der Waals surface area contributed by atoms with E-state index in [1.165, 1.54) is 23.3 Å². The SMILES string of the molecule is CCNC.[B]c1nnc(CN(C=O)C2(C(=O)OC)CCC2)s1. The molecule has 1 N–H and O–H groups in total. The Labute approximate surface area is 135 Å². The van der Waals surface area contributed by atoms with Gasteiger partial charge in [0.1, 0.15) is 10.5 Å². The minimum Gasteiger partial charge on any atom is -0.467 e. The summed E-state index contributed by atoms with van der Waals surface area (Å²) in [5.74, 6) is -0.377. The molecule has 1 amide bonds. The minimum absolute atomic E-state index is 0.230. The van der Waals surface area contributed by atoms with Crippen molar-refractivity contribution in [2.24, 2.45) is 0 Å². The molecule has 0 aromatic carbocycles. The highest BCUT2D eigenvalue weighted by atomic mass is 32.1. The average molecular weight is 324 g/mol. The number of rotatable bonds is 6. The van der Waals surface area contributed by atoms with Crippen molar-refractivity contribution in [1.82, 2.24) is 20.4 Å². The third-order valence-electron chi connectivity index (χ3n) is 3.56. The van der Waals surface area contributed by atoms with Crippen molar-refractivity contribution < 1.29 is 14.3 Å². The van der Waals surface area contributed by atoms with Gasteiger partial charge in [0, 0.05) is 0 Å². The summed E-state index contributed by atoms with van der Waals surface area (Å²) in [6.07, 6.45) is 2.80. The first-order valence-electron chi connectivity index (χ1n) is 7.07. The van der Waals surface area contributed by atoms with Crippen LogP contribution >= 0.6 is 11.3 Å². The van der Waals surface area contributed by atoms with E-state index in [1.54, 1.807) is 0 Å². The summed E-state index contributed by atoms with van der Waals surface area (Å²) in [5, 5.41) is 11.1. The highest BCUT2D eigenvalue weighted by Crippen LogP contribution is 2.38. The van der Waals surface area contributed by atoms with Gasteiger partial charge in [-0.25, -0.2) is 4.79 Å². The van der Waals surface area contributed by atoms with Crippen molar-refractivity contribution in [1.29, 1.82) is 0 Å². The number of hydrogen-bond donors (Lipinski definition) is 1. The maximum atomic E-state index is 11.8. The predicted octanol–water partition coefficient (Wildman–Crippen LogP) is -0.388. The Morgan fingerprint density at radius 3 is 2.50 bits per heavy atom. The number of aromatic nitrogens is 2. The van der Waals surface area contributed by atoms with Gasteiger partial charge in [0.05, 0.1) is 18.6 Å². The van der Waals surface area contributed by atoms with Gasteiger partial charge >= 0.3 is 5.97 Å². The van der Waals surface area contributed by atoms with Crippen LogP contribution in [0, 0.1) is 0 Å². The minimum atomic E-state index is -0.836. The molecule has 2 radical (unpaired) electrons. The highest BCUT2D eigenvalue weighted by molar-refractivity contribution is 7.19. The molecular weight excluding hydrogens is 303 g/mol. The van der Waals surface area contributed by atoms with E-state index < -0.39 is 5.54 Å². The van der Waals surface area contributed by atoms with Gasteiger partial charge in [-0.1, -0.05) is 6.92 Å². The van der Waals surface area contributed by atoms with Crippen molar-refractivity contribution in [3.05, 3.63) is 5.01 Å². The van der Waals surface area contributed by atoms with E-state index in [1.807, 2.05) is 7.05 Å². The third kappa shape index (κ3) is 4.26. The molecule has 0 spiro atoms. The number of nitrogens with zero attached hydrogens (tertiary/aromatic N) is 3. The zero-order chi connectivity index (χ0) is 16.6. The second kappa shape index (κ2) is 8.84. The van der Waals surface area contributed by atoms with Crippen LogP contribution in [0.15, 0.2) is 0 Å². The number of ether oxygens (including phenoxy) is 1. The summed E-state index contributed by atoms with van der Waals surface area (Å²) in [4.78, 5) is 24.8. The zero-order valence-electron chi connectivity index (χ0n) is 13.2. The van der Waals surface area contributed by atoms with Crippen LogP contribution < -0.4 is 10.2 Å². The van der Waals surface area contributed by atoms with Crippen molar-refractivity contribution in [2.75, 3.05) is 20.7 Å². The zero-order valence-corrected chi connectivity index (χ0v) is 14.0. The summed E-state index contributed by atoms with van der Waals surface area (Å²) < 4.78 is 4.79. The summed E-state index contributed by atoms with van der Waals surface area (Å²) >= 11 is 1.20. The maximum Gasteiger partial charge on any atom is 0.331 e. The molecule has 1 fully saturated rings. The fourth-order valence-corrected chi connectivity index (χ4v) is 2.68. The Morgan fingerprint density at radius 2 is 2.18 bits per heavy atom. The Bertz CT molecular complexity index is 491. The first kappa shape index (κ1) is 18.6. The van der Waals surface area contributed by atoms with Gasteiger partial charge in [-0.3, -0.25) is 4.79 Å². The fraction of sp³-hybridized carbons (Fsp3) is 0.692. The van der Waals surface area contributed by atoms with Crippen molar-refractivity contribution in [3.8, 4) is 0 Å². The molecule has 1 heterocycles. The van der Waals surface area contributed by atoms with Crippen LogP contribution in [0.4, 0.5) is 0 Å². The molecule has 0 saturated heterocycles. The summed E-state index contributed by atoms with van der Waals surface area (Å²) in [5.41, 5.74) is -0.836. The lowest BCUT2D eigenvalue weighted by molar-refractivity contribution is -0.165. The molecule has 1 aliphatic carbocycles. The highest BCUT2D eigenvalue weighted by Gasteiger charge is 2.50. The number of carbonyl (C=O) groups excluding carboxylic acids is 2. The van der Waals surface area contributed by atoms with Gasteiger partial charge in [0.25, 0.3) is 0 Å². The standard InChI is InChI=1S/C10H12BN3O3S.C3H9N/c1-17-8(16)10(3-2-4-10)14(6-15)5-7-12-13-9(11)18-7;1-3-4-2/h6H,2-5H2,1H3;4H,3H2,1-2H3. The van der Waals surface area contributed by atoms with Gasteiger partial charge in [0.15, 0.2) is 7.85 Å². The largest absolute Gasteiger partial charge is 0.467 e. The Hall–Kier alpha value is -1.48. The topological polar surface area (TPSA) is 84.4 Å². The van der Waals surface area contributed by atoms with Crippen molar-refractivity contribution >= 4 is 36.5 Å². The van der Waals surface area contributed by atoms with Crippen molar-refractivity contribution in [3.63, 3.8) is 0 Å². The molecule has 22 heavy (non-hydrogen) atoms. The van der Waals surface area contributed by atoms with Gasteiger partial charge in [-0.05, 0) is 32.9 Å². The van der Waals surface area contributed by atoms with E-state index in [0.717, 1.165) is 13.0 Å². The second-order valence-electron chi connectivity index (χ2n) is 4.85. The lowest BCUT2D eigenvalue weighted by Crippen LogP contribution is -2.58. The molecule has 7 nitrogen and oxygen atoms in total. The molecule has 9 heteroatoms. The Balaban J connectivity index is 0.000000541. The number of esters is 1. The molecule has 2 rings (SSSR count). The van der Waals surface area contributed by atoms with Crippen LogP contribution in [0.1, 0.15) is 31.2 Å². The summed E-state index contributed by atoms with van der Waals surface area (Å²) in [7, 11) is 8.74. The monoisotopic (exact) mass is 324 g/mol. The molecule has 0 bridgehead atoms. The lowest BCUT2D eigenvalue weighted by Gasteiger charge is -2.45. The Morgan fingerprint density at radius 1 is 1.55 bits per heavy atom. The summed E-state index contributed by atoms with van der Waals surface area (Å²) in [6, 6.07) is 0. The van der Waals surface area contributed by atoms with Gasteiger partial charge in [0.2, 0.25) is 6.41 Å². The molecule has 0 unspecified atom stereocenters. The molecule has 1 aliphatic rings. The average Bonchev–Trinajstić information content (AvgIpc) is 2.90.